The summed E-state index contributed by atoms with van der Waals surface area (Å²) in [6.45, 7) is 0.885. The minimum absolute atomic E-state index is 0.195. The molecule has 0 spiro atoms. The molecule has 3 amide bonds. The predicted octanol–water partition coefficient (Wildman–Crippen LogP) is 1.61. The van der Waals surface area contributed by atoms with Crippen molar-refractivity contribution in [2.45, 2.75) is 25.4 Å². The van der Waals surface area contributed by atoms with Crippen molar-refractivity contribution in [3.63, 3.8) is 0 Å². The van der Waals surface area contributed by atoms with Crippen LogP contribution in [0.1, 0.15) is 18.4 Å². The van der Waals surface area contributed by atoms with Crippen LogP contribution in [0.25, 0.3) is 0 Å². The van der Waals surface area contributed by atoms with Crippen LogP contribution in [0.4, 0.5) is 4.79 Å². The van der Waals surface area contributed by atoms with E-state index < -0.39 is 6.03 Å². The highest BCUT2D eigenvalue weighted by Gasteiger charge is 2.30. The number of carbonyl (C=O) groups is 2. The van der Waals surface area contributed by atoms with E-state index in [2.05, 4.69) is 26.1 Å². The van der Waals surface area contributed by atoms with Gasteiger partial charge in [-0.3, -0.25) is 15.0 Å². The average molecular weight is 326 g/mol. The summed E-state index contributed by atoms with van der Waals surface area (Å²) in [6.07, 6.45) is 2.19. The van der Waals surface area contributed by atoms with Crippen LogP contribution < -0.4 is 11.1 Å². The molecule has 0 aliphatic heterocycles. The lowest BCUT2D eigenvalue weighted by Crippen LogP contribution is -2.42. The van der Waals surface area contributed by atoms with Gasteiger partial charge in [0.1, 0.15) is 0 Å². The first kappa shape index (κ1) is 14.0. The molecule has 102 valence electrons. The van der Waals surface area contributed by atoms with Gasteiger partial charge in [-0.15, -0.1) is 0 Å². The number of nitrogens with one attached hydrogen (secondary N) is 1. The van der Waals surface area contributed by atoms with E-state index >= 15 is 0 Å². The van der Waals surface area contributed by atoms with E-state index in [1.54, 1.807) is 0 Å². The SMILES string of the molecule is NC(=O)NC(=O)CN(Cc1cccc(Br)c1)C1CC1. The highest BCUT2D eigenvalue weighted by atomic mass is 79.9. The van der Waals surface area contributed by atoms with Gasteiger partial charge in [0, 0.05) is 17.1 Å². The van der Waals surface area contributed by atoms with E-state index in [-0.39, 0.29) is 12.5 Å². The number of halogens is 1. The molecule has 1 fully saturated rings. The molecule has 0 bridgehead atoms. The lowest BCUT2D eigenvalue weighted by atomic mass is 10.2. The zero-order valence-corrected chi connectivity index (χ0v) is 12.0. The molecule has 3 N–H and O–H groups in total. The van der Waals surface area contributed by atoms with Crippen molar-refractivity contribution in [3.8, 4) is 0 Å². The third-order valence-corrected chi connectivity index (χ3v) is 3.44. The zero-order valence-electron chi connectivity index (χ0n) is 10.4. The van der Waals surface area contributed by atoms with Crippen LogP contribution in [0.2, 0.25) is 0 Å². The Labute approximate surface area is 120 Å². The predicted molar refractivity (Wildman–Crippen MR) is 75.3 cm³/mol. The Morgan fingerprint density at radius 3 is 2.74 bits per heavy atom. The number of carbonyl (C=O) groups excluding carboxylic acids is 2. The molecule has 0 aromatic heterocycles. The van der Waals surface area contributed by atoms with Crippen LogP contribution >= 0.6 is 15.9 Å². The maximum Gasteiger partial charge on any atom is 0.318 e. The van der Waals surface area contributed by atoms with E-state index in [0.29, 0.717) is 12.6 Å². The minimum Gasteiger partial charge on any atom is -0.351 e. The Hall–Kier alpha value is -1.40. The normalized spacial score (nSPS) is 14.4. The van der Waals surface area contributed by atoms with Crippen molar-refractivity contribution in [2.75, 3.05) is 6.54 Å². The van der Waals surface area contributed by atoms with Gasteiger partial charge in [0.25, 0.3) is 0 Å². The summed E-state index contributed by atoms with van der Waals surface area (Å²) < 4.78 is 1.02. The van der Waals surface area contributed by atoms with Crippen molar-refractivity contribution in [2.24, 2.45) is 5.73 Å². The molecule has 0 radical (unpaired) electrons. The van der Waals surface area contributed by atoms with Crippen molar-refractivity contribution < 1.29 is 9.59 Å². The zero-order chi connectivity index (χ0) is 13.8. The summed E-state index contributed by atoms with van der Waals surface area (Å²) in [5.41, 5.74) is 6.07. The number of nitrogens with two attached hydrogens (primary N) is 1. The van der Waals surface area contributed by atoms with Crippen molar-refractivity contribution in [3.05, 3.63) is 34.3 Å². The molecule has 0 unspecified atom stereocenters. The fourth-order valence-electron chi connectivity index (χ4n) is 1.99. The average Bonchev–Trinajstić information content (AvgIpc) is 3.10. The molecule has 19 heavy (non-hydrogen) atoms. The standard InChI is InChI=1S/C13H16BrN3O2/c14-10-3-1-2-9(6-10)7-17(11-4-5-11)8-12(18)16-13(15)19/h1-3,6,11H,4-5,7-8H2,(H3,15,16,18,19). The molecule has 2 rings (SSSR count). The summed E-state index contributed by atoms with van der Waals surface area (Å²) in [7, 11) is 0. The third kappa shape index (κ3) is 4.65. The number of imide groups is 1. The highest BCUT2D eigenvalue weighted by Crippen LogP contribution is 2.28. The second-order valence-electron chi connectivity index (χ2n) is 4.68. The van der Waals surface area contributed by atoms with E-state index in [0.717, 1.165) is 22.9 Å². The molecular formula is C13H16BrN3O2. The molecule has 0 atom stereocenters. The van der Waals surface area contributed by atoms with Gasteiger partial charge in [0.2, 0.25) is 5.91 Å². The number of hydrogen-bond acceptors (Lipinski definition) is 3. The van der Waals surface area contributed by atoms with Crippen LogP contribution in [0.3, 0.4) is 0 Å². The fourth-order valence-corrected chi connectivity index (χ4v) is 2.43. The first-order valence-electron chi connectivity index (χ1n) is 6.12. The number of amides is 3. The fraction of sp³-hybridized carbons (Fsp3) is 0.385. The number of rotatable bonds is 5. The quantitative estimate of drug-likeness (QED) is 0.863. The lowest BCUT2D eigenvalue weighted by Gasteiger charge is -2.21. The van der Waals surface area contributed by atoms with Gasteiger partial charge in [-0.05, 0) is 30.5 Å². The number of urea groups is 1. The molecule has 0 heterocycles. The largest absolute Gasteiger partial charge is 0.351 e. The second kappa shape index (κ2) is 6.16. The summed E-state index contributed by atoms with van der Waals surface area (Å²) in [4.78, 5) is 24.3. The molecular weight excluding hydrogens is 310 g/mol. The maximum atomic E-state index is 11.6. The summed E-state index contributed by atoms with van der Waals surface area (Å²) in [6, 6.07) is 7.60. The molecule has 1 aromatic carbocycles. The number of primary amides is 1. The highest BCUT2D eigenvalue weighted by molar-refractivity contribution is 9.10. The van der Waals surface area contributed by atoms with E-state index in [1.165, 1.54) is 0 Å². The molecule has 1 aliphatic carbocycles. The number of nitrogens with zero attached hydrogens (tertiary/aromatic N) is 1. The Kier molecular flexibility index (Phi) is 4.55. The molecule has 1 aliphatic rings. The molecule has 1 aromatic rings. The third-order valence-electron chi connectivity index (χ3n) is 2.95. The number of benzene rings is 1. The van der Waals surface area contributed by atoms with Crippen LogP contribution in [-0.2, 0) is 11.3 Å². The summed E-state index contributed by atoms with van der Waals surface area (Å²) >= 11 is 3.43. The van der Waals surface area contributed by atoms with Crippen molar-refractivity contribution in [1.82, 2.24) is 10.2 Å². The summed E-state index contributed by atoms with van der Waals surface area (Å²) in [5, 5.41) is 2.10. The van der Waals surface area contributed by atoms with E-state index in [4.69, 9.17) is 5.73 Å². The van der Waals surface area contributed by atoms with E-state index in [1.807, 2.05) is 24.3 Å². The Morgan fingerprint density at radius 2 is 2.16 bits per heavy atom. The van der Waals surface area contributed by atoms with Gasteiger partial charge >= 0.3 is 6.03 Å². The Bertz CT molecular complexity index is 489. The van der Waals surface area contributed by atoms with Gasteiger partial charge in [-0.1, -0.05) is 28.1 Å². The van der Waals surface area contributed by atoms with Crippen LogP contribution in [-0.4, -0.2) is 29.4 Å². The molecule has 5 nitrogen and oxygen atoms in total. The smallest absolute Gasteiger partial charge is 0.318 e. The lowest BCUT2D eigenvalue weighted by molar-refractivity contribution is -0.121. The molecule has 1 saturated carbocycles. The second-order valence-corrected chi connectivity index (χ2v) is 5.59. The Morgan fingerprint density at radius 1 is 1.42 bits per heavy atom. The first-order valence-corrected chi connectivity index (χ1v) is 6.91. The molecule has 0 saturated heterocycles. The maximum absolute atomic E-state index is 11.6. The monoisotopic (exact) mass is 325 g/mol. The van der Waals surface area contributed by atoms with Crippen molar-refractivity contribution >= 4 is 27.9 Å². The van der Waals surface area contributed by atoms with Crippen molar-refractivity contribution in [1.29, 1.82) is 0 Å². The number of hydrogen-bond donors (Lipinski definition) is 2. The van der Waals surface area contributed by atoms with Gasteiger partial charge < -0.3 is 5.73 Å². The van der Waals surface area contributed by atoms with Gasteiger partial charge in [-0.2, -0.15) is 0 Å². The van der Waals surface area contributed by atoms with Gasteiger partial charge in [0.15, 0.2) is 0 Å². The first-order chi connectivity index (χ1) is 9.04. The Balaban J connectivity index is 1.96. The topological polar surface area (TPSA) is 75.4 Å². The van der Waals surface area contributed by atoms with Gasteiger partial charge in [0.05, 0.1) is 6.54 Å². The van der Waals surface area contributed by atoms with Gasteiger partial charge in [-0.25, -0.2) is 4.79 Å². The van der Waals surface area contributed by atoms with Crippen LogP contribution in [0.5, 0.6) is 0 Å². The minimum atomic E-state index is -0.803. The van der Waals surface area contributed by atoms with Crippen LogP contribution in [0, 0.1) is 0 Å². The van der Waals surface area contributed by atoms with Crippen LogP contribution in [0.15, 0.2) is 28.7 Å². The molecule has 6 heteroatoms. The summed E-state index contributed by atoms with van der Waals surface area (Å²) in [5.74, 6) is -0.352. The van der Waals surface area contributed by atoms with E-state index in [9.17, 15) is 9.59 Å².